The molecule has 0 N–H and O–H groups in total. The second kappa shape index (κ2) is 10.3. The molecule has 1 saturated carbocycles. The predicted octanol–water partition coefficient (Wildman–Crippen LogP) is 6.74. The van der Waals surface area contributed by atoms with Gasteiger partial charge in [0.2, 0.25) is 0 Å². The molecule has 0 aromatic heterocycles. The molecule has 0 saturated heterocycles. The minimum absolute atomic E-state index is 0.280. The van der Waals surface area contributed by atoms with Crippen LogP contribution in [0.5, 0.6) is 11.5 Å². The van der Waals surface area contributed by atoms with E-state index in [0.717, 1.165) is 36.8 Å². The zero-order valence-electron chi connectivity index (χ0n) is 18.4. The molecule has 0 unspecified atom stereocenters. The van der Waals surface area contributed by atoms with Crippen molar-refractivity contribution in [1.29, 1.82) is 0 Å². The highest BCUT2D eigenvalue weighted by Crippen LogP contribution is 2.44. The SMILES string of the molecule is CCc1ccc(C2CCCCC2)c(OC(=O)c2ccccc2)c1OC(=O)c1ccccc1. The summed E-state index contributed by atoms with van der Waals surface area (Å²) in [6, 6.07) is 21.8. The van der Waals surface area contributed by atoms with Crippen molar-refractivity contribution in [3.8, 4) is 11.5 Å². The Balaban J connectivity index is 1.76. The fourth-order valence-corrected chi connectivity index (χ4v) is 4.30. The molecule has 4 rings (SSSR count). The average molecular weight is 429 g/mol. The minimum atomic E-state index is -0.460. The molecule has 4 nitrogen and oxygen atoms in total. The van der Waals surface area contributed by atoms with E-state index in [4.69, 9.17) is 9.47 Å². The third-order valence-electron chi connectivity index (χ3n) is 6.06. The topological polar surface area (TPSA) is 52.6 Å². The molecule has 4 heteroatoms. The Kier molecular flexibility index (Phi) is 7.00. The summed E-state index contributed by atoms with van der Waals surface area (Å²) in [5, 5.41) is 0. The first-order valence-corrected chi connectivity index (χ1v) is 11.4. The zero-order chi connectivity index (χ0) is 22.3. The van der Waals surface area contributed by atoms with E-state index in [1.54, 1.807) is 48.5 Å². The maximum Gasteiger partial charge on any atom is 0.343 e. The highest BCUT2D eigenvalue weighted by Gasteiger charge is 2.27. The molecule has 32 heavy (non-hydrogen) atoms. The van der Waals surface area contributed by atoms with Gasteiger partial charge in [-0.05, 0) is 55.0 Å². The third-order valence-corrected chi connectivity index (χ3v) is 6.06. The van der Waals surface area contributed by atoms with Crippen molar-refractivity contribution < 1.29 is 19.1 Å². The van der Waals surface area contributed by atoms with Crippen LogP contribution in [-0.2, 0) is 6.42 Å². The molecule has 1 fully saturated rings. The van der Waals surface area contributed by atoms with Crippen molar-refractivity contribution in [3.05, 3.63) is 95.1 Å². The summed E-state index contributed by atoms with van der Waals surface area (Å²) < 4.78 is 11.9. The van der Waals surface area contributed by atoms with Gasteiger partial charge in [0, 0.05) is 5.56 Å². The van der Waals surface area contributed by atoms with Crippen molar-refractivity contribution in [1.82, 2.24) is 0 Å². The number of carbonyl (C=O) groups excluding carboxylic acids is 2. The molecule has 1 aliphatic rings. The molecule has 3 aromatic rings. The van der Waals surface area contributed by atoms with E-state index < -0.39 is 11.9 Å². The highest BCUT2D eigenvalue weighted by molar-refractivity contribution is 5.93. The van der Waals surface area contributed by atoms with Gasteiger partial charge in [-0.3, -0.25) is 0 Å². The van der Waals surface area contributed by atoms with Gasteiger partial charge in [-0.2, -0.15) is 0 Å². The molecular formula is C28H28O4. The Hall–Kier alpha value is -3.40. The Bertz CT molecular complexity index is 1070. The lowest BCUT2D eigenvalue weighted by Gasteiger charge is -2.26. The number of hydrogen-bond acceptors (Lipinski definition) is 4. The van der Waals surface area contributed by atoms with Crippen LogP contribution in [0.1, 0.15) is 76.8 Å². The fraction of sp³-hybridized carbons (Fsp3) is 0.286. The standard InChI is InChI=1S/C28H28O4/c1-2-20-18-19-24(21-12-6-3-7-13-21)26(32-28(30)23-16-10-5-11-17-23)25(20)31-27(29)22-14-8-4-9-15-22/h4-5,8-11,14-19,21H,2-3,6-7,12-13H2,1H3. The van der Waals surface area contributed by atoms with E-state index in [9.17, 15) is 9.59 Å². The maximum absolute atomic E-state index is 13.0. The molecule has 164 valence electrons. The lowest BCUT2D eigenvalue weighted by Crippen LogP contribution is -2.16. The van der Waals surface area contributed by atoms with Crippen LogP contribution in [0.25, 0.3) is 0 Å². The first-order valence-electron chi connectivity index (χ1n) is 11.4. The summed E-state index contributed by atoms with van der Waals surface area (Å²) in [5.41, 5.74) is 2.70. The molecule has 0 radical (unpaired) electrons. The van der Waals surface area contributed by atoms with Crippen molar-refractivity contribution in [2.75, 3.05) is 0 Å². The van der Waals surface area contributed by atoms with Crippen LogP contribution in [0.4, 0.5) is 0 Å². The summed E-state index contributed by atoms with van der Waals surface area (Å²) in [7, 11) is 0. The molecule has 0 bridgehead atoms. The van der Waals surface area contributed by atoms with E-state index in [1.807, 2.05) is 31.2 Å². The van der Waals surface area contributed by atoms with E-state index in [-0.39, 0.29) is 5.92 Å². The summed E-state index contributed by atoms with van der Waals surface area (Å²) >= 11 is 0. The summed E-state index contributed by atoms with van der Waals surface area (Å²) in [5.74, 6) is 0.108. The third kappa shape index (κ3) is 4.91. The van der Waals surface area contributed by atoms with Gasteiger partial charge in [0.15, 0.2) is 11.5 Å². The molecule has 0 atom stereocenters. The predicted molar refractivity (Wildman–Crippen MR) is 124 cm³/mol. The monoisotopic (exact) mass is 428 g/mol. The Labute approximate surface area is 189 Å². The van der Waals surface area contributed by atoms with Gasteiger partial charge in [-0.1, -0.05) is 74.7 Å². The van der Waals surface area contributed by atoms with Crippen LogP contribution < -0.4 is 9.47 Å². The van der Waals surface area contributed by atoms with Crippen molar-refractivity contribution in [2.24, 2.45) is 0 Å². The number of aryl methyl sites for hydroxylation is 1. The molecule has 1 aliphatic carbocycles. The number of benzene rings is 3. The maximum atomic E-state index is 13.0. The van der Waals surface area contributed by atoms with E-state index >= 15 is 0 Å². The van der Waals surface area contributed by atoms with Gasteiger partial charge in [0.25, 0.3) is 0 Å². The Morgan fingerprint density at radius 3 is 1.78 bits per heavy atom. The lowest BCUT2D eigenvalue weighted by molar-refractivity contribution is 0.0678. The molecule has 0 amide bonds. The first kappa shape index (κ1) is 21.8. The highest BCUT2D eigenvalue weighted by atomic mass is 16.6. The van der Waals surface area contributed by atoms with Crippen LogP contribution in [-0.4, -0.2) is 11.9 Å². The number of carbonyl (C=O) groups is 2. The minimum Gasteiger partial charge on any atom is -0.419 e. The van der Waals surface area contributed by atoms with Gasteiger partial charge < -0.3 is 9.47 Å². The first-order chi connectivity index (χ1) is 15.7. The molecule has 0 heterocycles. The largest absolute Gasteiger partial charge is 0.419 e. The van der Waals surface area contributed by atoms with Crippen LogP contribution in [0.15, 0.2) is 72.8 Å². The average Bonchev–Trinajstić information content (AvgIpc) is 2.86. The smallest absolute Gasteiger partial charge is 0.343 e. The van der Waals surface area contributed by atoms with E-state index in [2.05, 4.69) is 0 Å². The van der Waals surface area contributed by atoms with E-state index in [1.165, 1.54) is 6.42 Å². The van der Waals surface area contributed by atoms with Crippen molar-refractivity contribution in [3.63, 3.8) is 0 Å². The molecule has 0 aliphatic heterocycles. The number of esters is 2. The van der Waals surface area contributed by atoms with E-state index in [0.29, 0.717) is 29.0 Å². The summed E-state index contributed by atoms with van der Waals surface area (Å²) in [6.07, 6.45) is 6.23. The van der Waals surface area contributed by atoms with Crippen LogP contribution in [0.3, 0.4) is 0 Å². The normalized spacial score (nSPS) is 14.0. The number of ether oxygens (including phenoxy) is 2. The van der Waals surface area contributed by atoms with Crippen LogP contribution in [0, 0.1) is 0 Å². The zero-order valence-corrected chi connectivity index (χ0v) is 18.4. The number of hydrogen-bond donors (Lipinski definition) is 0. The van der Waals surface area contributed by atoms with Gasteiger partial charge in [-0.15, -0.1) is 0 Å². The van der Waals surface area contributed by atoms with Gasteiger partial charge in [0.05, 0.1) is 11.1 Å². The van der Waals surface area contributed by atoms with Crippen molar-refractivity contribution in [2.45, 2.75) is 51.4 Å². The Morgan fingerprint density at radius 1 is 0.719 bits per heavy atom. The van der Waals surface area contributed by atoms with Gasteiger partial charge in [-0.25, -0.2) is 9.59 Å². The lowest BCUT2D eigenvalue weighted by atomic mass is 9.83. The van der Waals surface area contributed by atoms with Gasteiger partial charge >= 0.3 is 11.9 Å². The fourth-order valence-electron chi connectivity index (χ4n) is 4.30. The molecule has 3 aromatic carbocycles. The summed E-state index contributed by atoms with van der Waals surface area (Å²) in [4.78, 5) is 25.9. The molecular weight excluding hydrogens is 400 g/mol. The Morgan fingerprint density at radius 2 is 1.25 bits per heavy atom. The molecule has 0 spiro atoms. The van der Waals surface area contributed by atoms with Crippen molar-refractivity contribution >= 4 is 11.9 Å². The van der Waals surface area contributed by atoms with Crippen LogP contribution in [0.2, 0.25) is 0 Å². The van der Waals surface area contributed by atoms with Crippen LogP contribution >= 0.6 is 0 Å². The second-order valence-corrected chi connectivity index (χ2v) is 8.17. The second-order valence-electron chi connectivity index (χ2n) is 8.17. The summed E-state index contributed by atoms with van der Waals surface area (Å²) in [6.45, 7) is 2.00. The quantitative estimate of drug-likeness (QED) is 0.322. The van der Waals surface area contributed by atoms with Gasteiger partial charge in [0.1, 0.15) is 0 Å². The number of rotatable bonds is 6.